The average molecular weight is 154 g/mol. The molecule has 0 aromatic heterocycles. The molecular formula is C2H4BrNS. The van der Waals surface area contributed by atoms with Crippen LogP contribution >= 0.6 is 28.1 Å². The molecule has 0 aromatic rings. The third-order valence-electron chi connectivity index (χ3n) is 0.132. The molecule has 5 heavy (non-hydrogen) atoms. The first-order valence-electron chi connectivity index (χ1n) is 1.11. The summed E-state index contributed by atoms with van der Waals surface area (Å²) in [7, 11) is 0. The first-order valence-corrected chi connectivity index (χ1v) is 2.64. The van der Waals surface area contributed by atoms with Gasteiger partial charge in [-0.25, -0.2) is 0 Å². The van der Waals surface area contributed by atoms with Crippen molar-refractivity contribution in [2.75, 3.05) is 5.33 Å². The van der Waals surface area contributed by atoms with Crippen molar-refractivity contribution in [3.8, 4) is 0 Å². The number of thiocarbonyl (C=S) groups is 1. The molecule has 0 heterocycles. The van der Waals surface area contributed by atoms with Gasteiger partial charge in [-0.3, -0.25) is 0 Å². The lowest BCUT2D eigenvalue weighted by Crippen LogP contribution is -2.07. The van der Waals surface area contributed by atoms with E-state index in [9.17, 15) is 0 Å². The average Bonchev–Trinajstić information content (AvgIpc) is 1.38. The minimum atomic E-state index is 0.505. The van der Waals surface area contributed by atoms with Gasteiger partial charge >= 0.3 is 0 Å². The van der Waals surface area contributed by atoms with Crippen LogP contribution in [-0.4, -0.2) is 10.3 Å². The van der Waals surface area contributed by atoms with Crippen molar-refractivity contribution in [2.45, 2.75) is 0 Å². The standard InChI is InChI=1S/C2H4BrNS/c3-1-2(4)5/h1H2,(H2,4,5). The Balaban J connectivity index is 2.85. The van der Waals surface area contributed by atoms with Crippen LogP contribution in [0.2, 0.25) is 0 Å². The summed E-state index contributed by atoms with van der Waals surface area (Å²) >= 11 is 7.48. The van der Waals surface area contributed by atoms with Gasteiger partial charge in [0.25, 0.3) is 0 Å². The zero-order valence-electron chi connectivity index (χ0n) is 2.57. The van der Waals surface area contributed by atoms with Crippen molar-refractivity contribution in [1.29, 1.82) is 0 Å². The van der Waals surface area contributed by atoms with Gasteiger partial charge in [-0.05, 0) is 0 Å². The lowest BCUT2D eigenvalue weighted by atomic mass is 10.8. The van der Waals surface area contributed by atoms with Crippen LogP contribution in [0.4, 0.5) is 0 Å². The van der Waals surface area contributed by atoms with E-state index in [1.165, 1.54) is 0 Å². The number of alkyl halides is 1. The highest BCUT2D eigenvalue weighted by Gasteiger charge is 1.73. The van der Waals surface area contributed by atoms with Gasteiger partial charge in [0, 0.05) is 0 Å². The number of nitrogens with two attached hydrogens (primary N) is 1. The van der Waals surface area contributed by atoms with Gasteiger partial charge < -0.3 is 5.73 Å². The predicted molar refractivity (Wildman–Crippen MR) is 30.6 cm³/mol. The summed E-state index contributed by atoms with van der Waals surface area (Å²) in [6.45, 7) is 0. The van der Waals surface area contributed by atoms with Crippen molar-refractivity contribution in [3.05, 3.63) is 0 Å². The Labute approximate surface area is 44.7 Å². The predicted octanol–water partition coefficient (Wildman–Crippen LogP) is 0.667. The highest BCUT2D eigenvalue weighted by Crippen LogP contribution is 1.74. The lowest BCUT2D eigenvalue weighted by Gasteiger charge is -1.76. The fraction of sp³-hybridized carbons (Fsp3) is 0.500. The molecule has 0 fully saturated rings. The van der Waals surface area contributed by atoms with Gasteiger partial charge in [-0.15, -0.1) is 0 Å². The molecule has 0 aromatic carbocycles. The minimum absolute atomic E-state index is 0.505. The van der Waals surface area contributed by atoms with Crippen LogP contribution in [0.5, 0.6) is 0 Å². The second kappa shape index (κ2) is 2.60. The van der Waals surface area contributed by atoms with E-state index in [1.54, 1.807) is 0 Å². The fourth-order valence-corrected chi connectivity index (χ4v) is 0. The smallest absolute Gasteiger partial charge is 0.0834 e. The zero-order valence-corrected chi connectivity index (χ0v) is 4.97. The maximum absolute atomic E-state index is 4.98. The van der Waals surface area contributed by atoms with E-state index >= 15 is 0 Å². The Morgan fingerprint density at radius 1 is 2.00 bits per heavy atom. The molecule has 0 saturated heterocycles. The van der Waals surface area contributed by atoms with Crippen LogP contribution in [-0.2, 0) is 0 Å². The largest absolute Gasteiger partial charge is 0.393 e. The van der Waals surface area contributed by atoms with Crippen molar-refractivity contribution in [3.63, 3.8) is 0 Å². The van der Waals surface area contributed by atoms with Gasteiger partial charge in [0.1, 0.15) is 0 Å². The molecule has 0 radical (unpaired) electrons. The molecule has 0 bridgehead atoms. The summed E-state index contributed by atoms with van der Waals surface area (Å²) in [5, 5.41) is 0.627. The molecule has 0 aliphatic rings. The summed E-state index contributed by atoms with van der Waals surface area (Å²) in [5.74, 6) is 0. The molecule has 0 aliphatic carbocycles. The molecule has 0 unspecified atom stereocenters. The van der Waals surface area contributed by atoms with E-state index in [2.05, 4.69) is 28.1 Å². The Morgan fingerprint density at radius 3 is 2.20 bits per heavy atom. The Hall–Kier alpha value is 0.370. The van der Waals surface area contributed by atoms with Gasteiger partial charge in [0.05, 0.1) is 10.3 Å². The lowest BCUT2D eigenvalue weighted by molar-refractivity contribution is 1.76. The number of halogens is 1. The summed E-state index contributed by atoms with van der Waals surface area (Å²) in [4.78, 5) is 0.505. The van der Waals surface area contributed by atoms with Crippen molar-refractivity contribution in [2.24, 2.45) is 5.73 Å². The molecular weight excluding hydrogens is 150 g/mol. The molecule has 0 spiro atoms. The Morgan fingerprint density at radius 2 is 2.20 bits per heavy atom. The van der Waals surface area contributed by atoms with Crippen LogP contribution < -0.4 is 5.73 Å². The molecule has 3 heteroatoms. The summed E-state index contributed by atoms with van der Waals surface area (Å²) in [6, 6.07) is 0. The van der Waals surface area contributed by atoms with Crippen molar-refractivity contribution < 1.29 is 0 Å². The van der Waals surface area contributed by atoms with E-state index in [0.717, 1.165) is 0 Å². The van der Waals surface area contributed by atoms with Crippen LogP contribution in [0.15, 0.2) is 0 Å². The molecule has 30 valence electrons. The monoisotopic (exact) mass is 153 g/mol. The molecule has 0 atom stereocenters. The number of hydrogen-bond acceptors (Lipinski definition) is 1. The van der Waals surface area contributed by atoms with Crippen LogP contribution in [0.25, 0.3) is 0 Å². The molecule has 0 aliphatic heterocycles. The molecule has 0 amide bonds. The Kier molecular flexibility index (Phi) is 2.79. The fourth-order valence-electron chi connectivity index (χ4n) is 0. The number of rotatable bonds is 1. The third-order valence-corrected chi connectivity index (χ3v) is 1.25. The van der Waals surface area contributed by atoms with Crippen LogP contribution in [0.1, 0.15) is 0 Å². The highest BCUT2D eigenvalue weighted by molar-refractivity contribution is 9.09. The summed E-state index contributed by atoms with van der Waals surface area (Å²) in [6.07, 6.45) is 0. The molecule has 0 rings (SSSR count). The summed E-state index contributed by atoms with van der Waals surface area (Å²) < 4.78 is 0. The zero-order chi connectivity index (χ0) is 4.28. The maximum Gasteiger partial charge on any atom is 0.0834 e. The van der Waals surface area contributed by atoms with Crippen molar-refractivity contribution in [1.82, 2.24) is 0 Å². The van der Waals surface area contributed by atoms with E-state index in [0.29, 0.717) is 10.3 Å². The molecule has 1 nitrogen and oxygen atoms in total. The normalized spacial score (nSPS) is 7.40. The third kappa shape index (κ3) is 4.37. The number of hydrogen-bond donors (Lipinski definition) is 1. The quantitative estimate of drug-likeness (QED) is 0.443. The maximum atomic E-state index is 4.98. The second-order valence-corrected chi connectivity index (χ2v) is 1.69. The van der Waals surface area contributed by atoms with E-state index in [1.807, 2.05) is 0 Å². The first kappa shape index (κ1) is 5.37. The van der Waals surface area contributed by atoms with Gasteiger partial charge in [-0.2, -0.15) is 0 Å². The SMILES string of the molecule is NC(=S)CBr. The van der Waals surface area contributed by atoms with E-state index in [4.69, 9.17) is 5.73 Å². The van der Waals surface area contributed by atoms with Crippen molar-refractivity contribution >= 4 is 33.1 Å². The second-order valence-electron chi connectivity index (χ2n) is 0.600. The van der Waals surface area contributed by atoms with Gasteiger partial charge in [-0.1, -0.05) is 28.1 Å². The topological polar surface area (TPSA) is 26.0 Å². The van der Waals surface area contributed by atoms with Gasteiger partial charge in [0.15, 0.2) is 0 Å². The van der Waals surface area contributed by atoms with E-state index in [-0.39, 0.29) is 0 Å². The Bertz CT molecular complexity index is 44.9. The molecule has 2 N–H and O–H groups in total. The minimum Gasteiger partial charge on any atom is -0.393 e. The van der Waals surface area contributed by atoms with E-state index < -0.39 is 0 Å². The molecule has 0 saturated carbocycles. The van der Waals surface area contributed by atoms with Crippen LogP contribution in [0.3, 0.4) is 0 Å². The first-order chi connectivity index (χ1) is 2.27. The van der Waals surface area contributed by atoms with Crippen LogP contribution in [0, 0.1) is 0 Å². The summed E-state index contributed by atoms with van der Waals surface area (Å²) in [5.41, 5.74) is 4.98. The van der Waals surface area contributed by atoms with Gasteiger partial charge in [0.2, 0.25) is 0 Å². The highest BCUT2D eigenvalue weighted by atomic mass is 79.9.